The number of thiophene rings is 1. The third-order valence-corrected chi connectivity index (χ3v) is 5.71. The first-order chi connectivity index (χ1) is 12.5. The summed E-state index contributed by atoms with van der Waals surface area (Å²) in [4.78, 5) is 37.4. The van der Waals surface area contributed by atoms with Gasteiger partial charge in [0.05, 0.1) is 10.2 Å². The van der Waals surface area contributed by atoms with E-state index < -0.39 is 0 Å². The topological polar surface area (TPSA) is 76.3 Å². The second-order valence-corrected chi connectivity index (χ2v) is 7.42. The van der Waals surface area contributed by atoms with E-state index in [0.717, 1.165) is 42.2 Å². The van der Waals surface area contributed by atoms with Crippen molar-refractivity contribution in [1.82, 2.24) is 24.0 Å². The normalized spacial score (nSPS) is 15.7. The Morgan fingerprint density at radius 1 is 1.12 bits per heavy atom. The molecule has 1 fully saturated rings. The van der Waals surface area contributed by atoms with Crippen molar-refractivity contribution in [3.05, 3.63) is 50.4 Å². The molecule has 9 heteroatoms. The highest BCUT2D eigenvalue weighted by atomic mass is 32.1. The van der Waals surface area contributed by atoms with E-state index in [0.29, 0.717) is 12.1 Å². The van der Waals surface area contributed by atoms with Crippen molar-refractivity contribution in [2.75, 3.05) is 31.1 Å². The fraction of sp³-hybridized carbons (Fsp3) is 0.412. The van der Waals surface area contributed by atoms with Gasteiger partial charge in [0.25, 0.3) is 5.56 Å². The van der Waals surface area contributed by atoms with Crippen molar-refractivity contribution >= 4 is 27.4 Å². The van der Waals surface area contributed by atoms with Crippen LogP contribution in [0.5, 0.6) is 0 Å². The number of aryl methyl sites for hydroxylation is 1. The Morgan fingerprint density at radius 3 is 2.65 bits per heavy atom. The first-order valence-corrected chi connectivity index (χ1v) is 9.33. The lowest BCUT2D eigenvalue weighted by Gasteiger charge is -2.35. The Labute approximate surface area is 154 Å². The Balaban J connectivity index is 1.49. The number of piperazine rings is 1. The zero-order valence-corrected chi connectivity index (χ0v) is 15.6. The Kier molecular flexibility index (Phi) is 4.33. The van der Waals surface area contributed by atoms with E-state index in [1.807, 2.05) is 11.4 Å². The molecular weight excluding hydrogens is 352 g/mol. The van der Waals surface area contributed by atoms with E-state index in [2.05, 4.69) is 19.8 Å². The van der Waals surface area contributed by atoms with Gasteiger partial charge in [-0.2, -0.15) is 0 Å². The molecule has 0 unspecified atom stereocenters. The SMILES string of the molecule is Cn1cc(CN2CCN(c3ncnc4ccsc34)CC2)c(=O)n(C)c1=O. The first-order valence-electron chi connectivity index (χ1n) is 8.45. The number of hydrogen-bond donors (Lipinski definition) is 0. The van der Waals surface area contributed by atoms with Crippen molar-refractivity contribution in [2.24, 2.45) is 14.1 Å². The van der Waals surface area contributed by atoms with Crippen LogP contribution in [0.3, 0.4) is 0 Å². The minimum Gasteiger partial charge on any atom is -0.353 e. The Hall–Kier alpha value is -2.52. The molecule has 1 aliphatic rings. The van der Waals surface area contributed by atoms with Crippen LogP contribution in [0.25, 0.3) is 10.2 Å². The average molecular weight is 372 g/mol. The third kappa shape index (κ3) is 2.93. The van der Waals surface area contributed by atoms with Crippen molar-refractivity contribution in [3.8, 4) is 0 Å². The maximum atomic E-state index is 12.3. The lowest BCUT2D eigenvalue weighted by atomic mass is 10.2. The highest BCUT2D eigenvalue weighted by molar-refractivity contribution is 7.17. The van der Waals surface area contributed by atoms with Crippen LogP contribution in [0.4, 0.5) is 5.82 Å². The summed E-state index contributed by atoms with van der Waals surface area (Å²) in [6.45, 7) is 3.91. The van der Waals surface area contributed by atoms with Crippen molar-refractivity contribution < 1.29 is 0 Å². The smallest absolute Gasteiger partial charge is 0.330 e. The summed E-state index contributed by atoms with van der Waals surface area (Å²) in [7, 11) is 3.19. The first kappa shape index (κ1) is 16.9. The van der Waals surface area contributed by atoms with Gasteiger partial charge < -0.3 is 9.47 Å². The molecule has 0 aliphatic carbocycles. The fourth-order valence-corrected chi connectivity index (χ4v) is 4.21. The highest BCUT2D eigenvalue weighted by Crippen LogP contribution is 2.28. The Morgan fingerprint density at radius 2 is 1.88 bits per heavy atom. The van der Waals surface area contributed by atoms with Crippen LogP contribution >= 0.6 is 11.3 Å². The van der Waals surface area contributed by atoms with Crippen molar-refractivity contribution in [3.63, 3.8) is 0 Å². The summed E-state index contributed by atoms with van der Waals surface area (Å²) in [5, 5.41) is 2.04. The second-order valence-electron chi connectivity index (χ2n) is 6.51. The molecule has 8 nitrogen and oxygen atoms in total. The van der Waals surface area contributed by atoms with Gasteiger partial charge in [0.1, 0.15) is 12.1 Å². The van der Waals surface area contributed by atoms with Crippen LogP contribution in [-0.4, -0.2) is 50.2 Å². The molecular formula is C17H20N6O2S. The van der Waals surface area contributed by atoms with Crippen LogP contribution in [0.1, 0.15) is 5.56 Å². The summed E-state index contributed by atoms with van der Waals surface area (Å²) in [5.74, 6) is 0.989. The van der Waals surface area contributed by atoms with E-state index >= 15 is 0 Å². The standard InChI is InChI=1S/C17H20N6O2S/c1-20-9-12(16(24)21(2)17(20)25)10-22-4-6-23(7-5-22)15-14-13(3-8-26-14)18-11-19-15/h3,8-9,11H,4-7,10H2,1-2H3. The van der Waals surface area contributed by atoms with Crippen LogP contribution in [0.15, 0.2) is 33.6 Å². The van der Waals surface area contributed by atoms with Crippen LogP contribution < -0.4 is 16.1 Å². The zero-order valence-electron chi connectivity index (χ0n) is 14.8. The Bertz CT molecular complexity index is 1060. The van der Waals surface area contributed by atoms with Gasteiger partial charge >= 0.3 is 5.69 Å². The monoisotopic (exact) mass is 372 g/mol. The predicted molar refractivity (Wildman–Crippen MR) is 102 cm³/mol. The summed E-state index contributed by atoms with van der Waals surface area (Å²) in [6, 6.07) is 2.01. The summed E-state index contributed by atoms with van der Waals surface area (Å²) in [6.07, 6.45) is 3.27. The van der Waals surface area contributed by atoms with Gasteiger partial charge in [-0.05, 0) is 11.4 Å². The number of aromatic nitrogens is 4. The van der Waals surface area contributed by atoms with E-state index in [1.165, 1.54) is 16.2 Å². The molecule has 136 valence electrons. The minimum atomic E-state index is -0.299. The third-order valence-electron chi connectivity index (χ3n) is 4.81. The van der Waals surface area contributed by atoms with Crippen LogP contribution in [-0.2, 0) is 20.6 Å². The summed E-state index contributed by atoms with van der Waals surface area (Å²) in [5.41, 5.74) is 1.11. The molecule has 0 amide bonds. The van der Waals surface area contributed by atoms with Gasteiger partial charge in [0.2, 0.25) is 0 Å². The molecule has 3 aromatic rings. The number of nitrogens with zero attached hydrogens (tertiary/aromatic N) is 6. The van der Waals surface area contributed by atoms with Gasteiger partial charge in [-0.15, -0.1) is 11.3 Å². The molecule has 0 spiro atoms. The minimum absolute atomic E-state index is 0.216. The summed E-state index contributed by atoms with van der Waals surface area (Å²) >= 11 is 1.66. The van der Waals surface area contributed by atoms with Gasteiger partial charge in [-0.3, -0.25) is 14.3 Å². The molecule has 0 atom stereocenters. The lowest BCUT2D eigenvalue weighted by Crippen LogP contribution is -2.47. The fourth-order valence-electron chi connectivity index (χ4n) is 3.35. The molecule has 0 bridgehead atoms. The van der Waals surface area contributed by atoms with Gasteiger partial charge in [-0.25, -0.2) is 14.8 Å². The number of rotatable bonds is 3. The van der Waals surface area contributed by atoms with Gasteiger partial charge in [0.15, 0.2) is 0 Å². The molecule has 3 aromatic heterocycles. The number of anilines is 1. The van der Waals surface area contributed by atoms with E-state index in [1.54, 1.807) is 30.9 Å². The quantitative estimate of drug-likeness (QED) is 0.663. The molecule has 0 N–H and O–H groups in total. The van der Waals surface area contributed by atoms with Crippen LogP contribution in [0.2, 0.25) is 0 Å². The largest absolute Gasteiger partial charge is 0.353 e. The number of fused-ring (bicyclic) bond motifs is 1. The van der Waals surface area contributed by atoms with Crippen molar-refractivity contribution in [2.45, 2.75) is 6.54 Å². The highest BCUT2D eigenvalue weighted by Gasteiger charge is 2.21. The van der Waals surface area contributed by atoms with Crippen LogP contribution in [0, 0.1) is 0 Å². The number of hydrogen-bond acceptors (Lipinski definition) is 7. The molecule has 26 heavy (non-hydrogen) atoms. The van der Waals surface area contributed by atoms with Gasteiger partial charge in [0, 0.05) is 58.6 Å². The molecule has 1 saturated heterocycles. The van der Waals surface area contributed by atoms with Crippen molar-refractivity contribution in [1.29, 1.82) is 0 Å². The van der Waals surface area contributed by atoms with E-state index in [-0.39, 0.29) is 11.2 Å². The molecule has 1 aliphatic heterocycles. The van der Waals surface area contributed by atoms with E-state index in [4.69, 9.17) is 0 Å². The summed E-state index contributed by atoms with van der Waals surface area (Å²) < 4.78 is 3.74. The maximum Gasteiger partial charge on any atom is 0.330 e. The maximum absolute atomic E-state index is 12.3. The van der Waals surface area contributed by atoms with E-state index in [9.17, 15) is 9.59 Å². The predicted octanol–water partition coefficient (Wildman–Crippen LogP) is 0.411. The second kappa shape index (κ2) is 6.65. The molecule has 0 saturated carbocycles. The molecule has 0 radical (unpaired) electrons. The zero-order chi connectivity index (χ0) is 18.3. The molecule has 4 heterocycles. The molecule has 0 aromatic carbocycles. The molecule has 4 rings (SSSR count). The lowest BCUT2D eigenvalue weighted by molar-refractivity contribution is 0.247. The van der Waals surface area contributed by atoms with Gasteiger partial charge in [-0.1, -0.05) is 0 Å². The average Bonchev–Trinajstić information content (AvgIpc) is 3.14.